The summed E-state index contributed by atoms with van der Waals surface area (Å²) < 4.78 is 0. The molecular formula is C11H16N2OS. The molecule has 0 amide bonds. The van der Waals surface area contributed by atoms with Crippen LogP contribution in [0.15, 0.2) is 5.38 Å². The Bertz CT molecular complexity index is 342. The lowest BCUT2D eigenvalue weighted by atomic mass is 9.96. The van der Waals surface area contributed by atoms with Gasteiger partial charge in [0.15, 0.2) is 10.9 Å². The first-order valence-corrected chi connectivity index (χ1v) is 6.36. The lowest BCUT2D eigenvalue weighted by Crippen LogP contribution is -2.22. The molecule has 1 heterocycles. The number of rotatable bonds is 3. The Morgan fingerprint density at radius 2 is 2.20 bits per heavy atom. The molecule has 1 fully saturated rings. The summed E-state index contributed by atoms with van der Waals surface area (Å²) >= 11 is 1.53. The number of carbonyl (C=O) groups excluding carboxylic acids is 1. The maximum atomic E-state index is 11.1. The Morgan fingerprint density at radius 3 is 2.80 bits per heavy atom. The summed E-state index contributed by atoms with van der Waals surface area (Å²) in [6.07, 6.45) is 6.43. The average molecular weight is 224 g/mol. The number of nitrogens with one attached hydrogen (secondary N) is 1. The minimum Gasteiger partial charge on any atom is -0.359 e. The number of aromatic nitrogens is 1. The molecule has 0 bridgehead atoms. The van der Waals surface area contributed by atoms with Crippen molar-refractivity contribution in [3.63, 3.8) is 0 Å². The van der Waals surface area contributed by atoms with E-state index in [2.05, 4.69) is 10.3 Å². The van der Waals surface area contributed by atoms with E-state index >= 15 is 0 Å². The molecular weight excluding hydrogens is 208 g/mol. The Labute approximate surface area is 93.9 Å². The zero-order chi connectivity index (χ0) is 10.7. The third kappa shape index (κ3) is 2.78. The van der Waals surface area contributed by atoms with E-state index in [-0.39, 0.29) is 5.78 Å². The molecule has 0 radical (unpaired) electrons. The van der Waals surface area contributed by atoms with Crippen LogP contribution >= 0.6 is 11.3 Å². The van der Waals surface area contributed by atoms with Crippen LogP contribution in [0, 0.1) is 0 Å². The van der Waals surface area contributed by atoms with Gasteiger partial charge in [0, 0.05) is 18.3 Å². The van der Waals surface area contributed by atoms with Gasteiger partial charge in [0.2, 0.25) is 0 Å². The number of anilines is 1. The quantitative estimate of drug-likeness (QED) is 0.802. The fourth-order valence-corrected chi connectivity index (χ4v) is 2.75. The van der Waals surface area contributed by atoms with Gasteiger partial charge < -0.3 is 5.32 Å². The average Bonchev–Trinajstić information content (AvgIpc) is 2.68. The molecule has 2 rings (SSSR count). The van der Waals surface area contributed by atoms with Crippen LogP contribution in [0.5, 0.6) is 0 Å². The molecule has 0 atom stereocenters. The Balaban J connectivity index is 1.94. The van der Waals surface area contributed by atoms with Gasteiger partial charge in [-0.05, 0) is 12.8 Å². The van der Waals surface area contributed by atoms with Gasteiger partial charge in [-0.3, -0.25) is 4.79 Å². The zero-order valence-electron chi connectivity index (χ0n) is 8.95. The van der Waals surface area contributed by atoms with Gasteiger partial charge in [-0.1, -0.05) is 19.3 Å². The summed E-state index contributed by atoms with van der Waals surface area (Å²) in [6.45, 7) is 1.56. The fraction of sp³-hybridized carbons (Fsp3) is 0.636. The number of thiazole rings is 1. The molecule has 0 aliphatic heterocycles. The number of nitrogens with zero attached hydrogens (tertiary/aromatic N) is 1. The number of carbonyl (C=O) groups is 1. The Kier molecular flexibility index (Phi) is 3.36. The van der Waals surface area contributed by atoms with E-state index in [1.54, 1.807) is 6.92 Å². The van der Waals surface area contributed by atoms with E-state index in [4.69, 9.17) is 0 Å². The van der Waals surface area contributed by atoms with Crippen molar-refractivity contribution in [2.24, 2.45) is 0 Å². The third-order valence-electron chi connectivity index (χ3n) is 2.80. The molecule has 1 aliphatic rings. The largest absolute Gasteiger partial charge is 0.359 e. The van der Waals surface area contributed by atoms with Crippen molar-refractivity contribution in [2.45, 2.75) is 45.1 Å². The lowest BCUT2D eigenvalue weighted by Gasteiger charge is -2.22. The highest BCUT2D eigenvalue weighted by atomic mass is 32.1. The number of Topliss-reactive ketones (excluding diaryl/α,β-unsaturated/α-hetero) is 1. The van der Waals surface area contributed by atoms with Gasteiger partial charge in [-0.25, -0.2) is 4.98 Å². The van der Waals surface area contributed by atoms with Gasteiger partial charge in [-0.15, -0.1) is 11.3 Å². The van der Waals surface area contributed by atoms with Crippen molar-refractivity contribution in [1.29, 1.82) is 0 Å². The van der Waals surface area contributed by atoms with Crippen molar-refractivity contribution < 1.29 is 4.79 Å². The van der Waals surface area contributed by atoms with Crippen LogP contribution in [0.4, 0.5) is 5.13 Å². The van der Waals surface area contributed by atoms with Crippen LogP contribution in [-0.2, 0) is 0 Å². The second kappa shape index (κ2) is 4.75. The second-order valence-corrected chi connectivity index (χ2v) is 4.93. The monoisotopic (exact) mass is 224 g/mol. The van der Waals surface area contributed by atoms with Crippen molar-refractivity contribution >= 4 is 22.3 Å². The molecule has 3 nitrogen and oxygen atoms in total. The van der Waals surface area contributed by atoms with Crippen LogP contribution in [0.1, 0.15) is 49.5 Å². The molecule has 1 aliphatic carbocycles. The molecule has 82 valence electrons. The maximum absolute atomic E-state index is 11.1. The molecule has 1 N–H and O–H groups in total. The highest BCUT2D eigenvalue weighted by Crippen LogP contribution is 2.23. The predicted molar refractivity (Wildman–Crippen MR) is 62.6 cm³/mol. The number of hydrogen-bond acceptors (Lipinski definition) is 4. The normalized spacial score (nSPS) is 17.7. The molecule has 4 heteroatoms. The smallest absolute Gasteiger partial charge is 0.183 e. The first kappa shape index (κ1) is 10.6. The molecule has 1 aromatic heterocycles. The highest BCUT2D eigenvalue weighted by Gasteiger charge is 2.14. The first-order chi connectivity index (χ1) is 7.25. The SMILES string of the molecule is CC(=O)c1csc(NC2CCCCC2)n1. The number of ketones is 1. The molecule has 15 heavy (non-hydrogen) atoms. The van der Waals surface area contributed by atoms with Gasteiger partial charge in [0.1, 0.15) is 5.69 Å². The Hall–Kier alpha value is -0.900. The first-order valence-electron chi connectivity index (χ1n) is 5.49. The van der Waals surface area contributed by atoms with Gasteiger partial charge in [0.05, 0.1) is 0 Å². The van der Waals surface area contributed by atoms with Gasteiger partial charge >= 0.3 is 0 Å². The zero-order valence-corrected chi connectivity index (χ0v) is 9.77. The topological polar surface area (TPSA) is 42.0 Å². The van der Waals surface area contributed by atoms with E-state index in [0.717, 1.165) is 5.13 Å². The summed E-state index contributed by atoms with van der Waals surface area (Å²) in [5, 5.41) is 6.13. The van der Waals surface area contributed by atoms with Crippen molar-refractivity contribution in [3.05, 3.63) is 11.1 Å². The van der Waals surface area contributed by atoms with Crippen LogP contribution in [0.25, 0.3) is 0 Å². The number of hydrogen-bond donors (Lipinski definition) is 1. The van der Waals surface area contributed by atoms with Crippen molar-refractivity contribution in [1.82, 2.24) is 4.98 Å². The summed E-state index contributed by atoms with van der Waals surface area (Å²) in [5.74, 6) is 0.0444. The lowest BCUT2D eigenvalue weighted by molar-refractivity contribution is 0.101. The van der Waals surface area contributed by atoms with Gasteiger partial charge in [-0.2, -0.15) is 0 Å². The highest BCUT2D eigenvalue weighted by molar-refractivity contribution is 7.13. The van der Waals surface area contributed by atoms with E-state index in [1.165, 1.54) is 43.4 Å². The van der Waals surface area contributed by atoms with E-state index in [9.17, 15) is 4.79 Å². The summed E-state index contributed by atoms with van der Waals surface area (Å²) in [4.78, 5) is 15.3. The molecule has 0 saturated heterocycles. The van der Waals surface area contributed by atoms with Crippen LogP contribution in [0.2, 0.25) is 0 Å². The summed E-state index contributed by atoms with van der Waals surface area (Å²) in [5.41, 5.74) is 0.582. The van der Waals surface area contributed by atoms with Gasteiger partial charge in [0.25, 0.3) is 0 Å². The Morgan fingerprint density at radius 1 is 1.47 bits per heavy atom. The fourth-order valence-electron chi connectivity index (χ4n) is 1.92. The molecule has 0 spiro atoms. The molecule has 1 saturated carbocycles. The summed E-state index contributed by atoms with van der Waals surface area (Å²) in [6, 6.07) is 0.560. The van der Waals surface area contributed by atoms with E-state index in [1.807, 2.05) is 5.38 Å². The molecule has 0 aromatic carbocycles. The van der Waals surface area contributed by atoms with Crippen LogP contribution < -0.4 is 5.32 Å². The minimum absolute atomic E-state index is 0.0444. The third-order valence-corrected chi connectivity index (χ3v) is 3.57. The summed E-state index contributed by atoms with van der Waals surface area (Å²) in [7, 11) is 0. The van der Waals surface area contributed by atoms with E-state index < -0.39 is 0 Å². The predicted octanol–water partition coefficient (Wildman–Crippen LogP) is 3.09. The molecule has 1 aromatic rings. The van der Waals surface area contributed by atoms with E-state index in [0.29, 0.717) is 11.7 Å². The van der Waals surface area contributed by atoms with Crippen molar-refractivity contribution in [2.75, 3.05) is 5.32 Å². The minimum atomic E-state index is 0.0444. The van der Waals surface area contributed by atoms with Crippen LogP contribution in [-0.4, -0.2) is 16.8 Å². The molecule has 0 unspecified atom stereocenters. The standard InChI is InChI=1S/C11H16N2OS/c1-8(14)10-7-15-11(13-10)12-9-5-3-2-4-6-9/h7,9H,2-6H2,1H3,(H,12,13). The second-order valence-electron chi connectivity index (χ2n) is 4.07. The van der Waals surface area contributed by atoms with Crippen molar-refractivity contribution in [3.8, 4) is 0 Å². The van der Waals surface area contributed by atoms with Crippen LogP contribution in [0.3, 0.4) is 0 Å². The maximum Gasteiger partial charge on any atom is 0.183 e.